The van der Waals surface area contributed by atoms with Crippen LogP contribution < -0.4 is 16.0 Å². The lowest BCUT2D eigenvalue weighted by molar-refractivity contribution is -0.137. The van der Waals surface area contributed by atoms with Gasteiger partial charge < -0.3 is 10.6 Å². The van der Waals surface area contributed by atoms with Crippen LogP contribution in [-0.2, 0) is 11.0 Å². The first kappa shape index (κ1) is 23.7. The maximum Gasteiger partial charge on any atom is 0.416 e. The molecule has 3 aromatic carbocycles. The molecular weight excluding hydrogens is 451 g/mol. The fourth-order valence-corrected chi connectivity index (χ4v) is 2.99. The lowest BCUT2D eigenvalue weighted by atomic mass is 10.1. The van der Waals surface area contributed by atoms with E-state index in [1.807, 2.05) is 30.3 Å². The van der Waals surface area contributed by atoms with E-state index in [9.17, 15) is 22.8 Å². The van der Waals surface area contributed by atoms with Crippen LogP contribution in [0.25, 0.3) is 6.08 Å². The van der Waals surface area contributed by atoms with Crippen molar-refractivity contribution in [3.05, 3.63) is 102 Å². The summed E-state index contributed by atoms with van der Waals surface area (Å²) < 4.78 is 38.6. The van der Waals surface area contributed by atoms with E-state index in [-0.39, 0.29) is 16.4 Å². The lowest BCUT2D eigenvalue weighted by Crippen LogP contribution is -2.32. The van der Waals surface area contributed by atoms with Crippen molar-refractivity contribution in [3.63, 3.8) is 0 Å². The highest BCUT2D eigenvalue weighted by atomic mass is 32.1. The molecule has 0 heterocycles. The number of benzene rings is 3. The van der Waals surface area contributed by atoms with Gasteiger partial charge in [-0.25, -0.2) is 0 Å². The van der Waals surface area contributed by atoms with Crippen LogP contribution in [0, 0.1) is 0 Å². The number of thiocarbonyl (C=S) groups is 1. The van der Waals surface area contributed by atoms with Gasteiger partial charge in [0.1, 0.15) is 0 Å². The summed E-state index contributed by atoms with van der Waals surface area (Å²) in [4.78, 5) is 24.5. The first-order chi connectivity index (χ1) is 15.7. The minimum atomic E-state index is -4.51. The van der Waals surface area contributed by atoms with Gasteiger partial charge >= 0.3 is 6.18 Å². The van der Waals surface area contributed by atoms with Gasteiger partial charge in [-0.3, -0.25) is 14.9 Å². The van der Waals surface area contributed by atoms with Crippen LogP contribution in [0.2, 0.25) is 0 Å². The Morgan fingerprint density at radius 1 is 0.818 bits per heavy atom. The summed E-state index contributed by atoms with van der Waals surface area (Å²) in [5, 5.41) is 7.75. The summed E-state index contributed by atoms with van der Waals surface area (Å²) in [5.41, 5.74) is 0.616. The Hall–Kier alpha value is -3.98. The molecular formula is C24H18F3N3O2S. The van der Waals surface area contributed by atoms with Gasteiger partial charge in [-0.2, -0.15) is 13.2 Å². The molecule has 2 amide bonds. The van der Waals surface area contributed by atoms with Gasteiger partial charge in [0.15, 0.2) is 5.11 Å². The average Bonchev–Trinajstić information content (AvgIpc) is 2.78. The molecule has 3 rings (SSSR count). The third-order valence-corrected chi connectivity index (χ3v) is 4.50. The molecule has 0 atom stereocenters. The standard InChI is InChI=1S/C24H18F3N3O2S/c25-24(26,27)18-9-5-11-20(15-18)28-22(32)17-8-4-10-19(14-17)29-23(33)30-21(31)13-12-16-6-2-1-3-7-16/h1-15H,(H,28,32)(H2,29,30,31,33)/b13-12+. The molecule has 0 bridgehead atoms. The zero-order valence-corrected chi connectivity index (χ0v) is 17.8. The maximum atomic E-state index is 12.9. The molecule has 0 aromatic heterocycles. The van der Waals surface area contributed by atoms with Gasteiger partial charge in [-0.05, 0) is 60.3 Å². The van der Waals surface area contributed by atoms with Crippen molar-refractivity contribution in [2.24, 2.45) is 0 Å². The van der Waals surface area contributed by atoms with E-state index in [1.165, 1.54) is 30.3 Å². The van der Waals surface area contributed by atoms with Crippen molar-refractivity contribution < 1.29 is 22.8 Å². The molecule has 0 radical (unpaired) electrons. The van der Waals surface area contributed by atoms with Gasteiger partial charge in [0.25, 0.3) is 5.91 Å². The molecule has 168 valence electrons. The second kappa shape index (κ2) is 10.6. The number of carbonyl (C=O) groups excluding carboxylic acids is 2. The Morgan fingerprint density at radius 2 is 1.48 bits per heavy atom. The normalized spacial score (nSPS) is 11.1. The van der Waals surface area contributed by atoms with Crippen molar-refractivity contribution >= 4 is 46.6 Å². The molecule has 0 aliphatic rings. The van der Waals surface area contributed by atoms with Crippen molar-refractivity contribution in [1.29, 1.82) is 0 Å². The number of anilines is 2. The number of rotatable bonds is 5. The fourth-order valence-electron chi connectivity index (χ4n) is 2.77. The Morgan fingerprint density at radius 3 is 2.18 bits per heavy atom. The van der Waals surface area contributed by atoms with Crippen LogP contribution in [-0.4, -0.2) is 16.9 Å². The number of halogens is 3. The quantitative estimate of drug-likeness (QED) is 0.342. The van der Waals surface area contributed by atoms with Gasteiger partial charge in [0, 0.05) is 23.0 Å². The zero-order chi connectivity index (χ0) is 23.8. The lowest BCUT2D eigenvalue weighted by Gasteiger charge is -2.11. The summed E-state index contributed by atoms with van der Waals surface area (Å²) >= 11 is 5.12. The number of carbonyl (C=O) groups is 2. The van der Waals surface area contributed by atoms with Crippen molar-refractivity contribution in [1.82, 2.24) is 5.32 Å². The van der Waals surface area contributed by atoms with E-state index >= 15 is 0 Å². The van der Waals surface area contributed by atoms with E-state index < -0.39 is 23.6 Å². The Labute approximate surface area is 193 Å². The minimum absolute atomic E-state index is 0.0150. The molecule has 0 unspecified atom stereocenters. The van der Waals surface area contributed by atoms with E-state index in [2.05, 4.69) is 16.0 Å². The molecule has 3 aromatic rings. The molecule has 0 spiro atoms. The summed E-state index contributed by atoms with van der Waals surface area (Å²) in [6.45, 7) is 0. The van der Waals surface area contributed by atoms with Crippen LogP contribution in [0.3, 0.4) is 0 Å². The zero-order valence-electron chi connectivity index (χ0n) is 17.0. The predicted molar refractivity (Wildman–Crippen MR) is 126 cm³/mol. The molecule has 33 heavy (non-hydrogen) atoms. The SMILES string of the molecule is O=C(/C=C/c1ccccc1)NC(=S)Nc1cccc(C(=O)Nc2cccc(C(F)(F)F)c2)c1. The summed E-state index contributed by atoms with van der Waals surface area (Å²) in [5.74, 6) is -1.03. The number of nitrogens with one attached hydrogen (secondary N) is 3. The van der Waals surface area contributed by atoms with Crippen LogP contribution in [0.4, 0.5) is 24.5 Å². The van der Waals surface area contributed by atoms with Crippen molar-refractivity contribution in [2.45, 2.75) is 6.18 Å². The van der Waals surface area contributed by atoms with E-state index in [1.54, 1.807) is 18.2 Å². The molecule has 0 aliphatic carbocycles. The monoisotopic (exact) mass is 469 g/mol. The smallest absolute Gasteiger partial charge is 0.332 e. The third kappa shape index (κ3) is 7.29. The molecule has 0 fully saturated rings. The molecule has 3 N–H and O–H groups in total. The van der Waals surface area contributed by atoms with Crippen molar-refractivity contribution in [3.8, 4) is 0 Å². The molecule has 0 aliphatic heterocycles. The molecule has 9 heteroatoms. The first-order valence-corrected chi connectivity index (χ1v) is 10.1. The highest BCUT2D eigenvalue weighted by Gasteiger charge is 2.30. The largest absolute Gasteiger partial charge is 0.416 e. The maximum absolute atomic E-state index is 12.9. The van der Waals surface area contributed by atoms with Crippen LogP contribution in [0.15, 0.2) is 84.9 Å². The van der Waals surface area contributed by atoms with E-state index in [0.29, 0.717) is 5.69 Å². The number of amides is 2. The number of alkyl halides is 3. The number of hydrogen-bond donors (Lipinski definition) is 3. The Kier molecular flexibility index (Phi) is 7.57. The molecule has 5 nitrogen and oxygen atoms in total. The highest BCUT2D eigenvalue weighted by molar-refractivity contribution is 7.80. The fraction of sp³-hybridized carbons (Fsp3) is 0.0417. The number of hydrogen-bond acceptors (Lipinski definition) is 3. The van der Waals surface area contributed by atoms with Crippen LogP contribution >= 0.6 is 12.2 Å². The molecule has 0 saturated heterocycles. The Balaban J connectivity index is 1.60. The highest BCUT2D eigenvalue weighted by Crippen LogP contribution is 2.30. The van der Waals surface area contributed by atoms with Crippen LogP contribution in [0.5, 0.6) is 0 Å². The predicted octanol–water partition coefficient (Wildman–Crippen LogP) is 5.48. The van der Waals surface area contributed by atoms with Crippen molar-refractivity contribution in [2.75, 3.05) is 10.6 Å². The average molecular weight is 469 g/mol. The summed E-state index contributed by atoms with van der Waals surface area (Å²) in [7, 11) is 0. The molecule has 0 saturated carbocycles. The first-order valence-electron chi connectivity index (χ1n) is 9.64. The van der Waals surface area contributed by atoms with Gasteiger partial charge in [-0.1, -0.05) is 42.5 Å². The second-order valence-corrected chi connectivity index (χ2v) is 7.21. The van der Waals surface area contributed by atoms with Gasteiger partial charge in [0.05, 0.1) is 5.56 Å². The third-order valence-electron chi connectivity index (χ3n) is 4.29. The topological polar surface area (TPSA) is 70.2 Å². The van der Waals surface area contributed by atoms with E-state index in [4.69, 9.17) is 12.2 Å². The minimum Gasteiger partial charge on any atom is -0.332 e. The van der Waals surface area contributed by atoms with Crippen LogP contribution in [0.1, 0.15) is 21.5 Å². The summed E-state index contributed by atoms with van der Waals surface area (Å²) in [6.07, 6.45) is -1.54. The van der Waals surface area contributed by atoms with E-state index in [0.717, 1.165) is 17.7 Å². The Bertz CT molecular complexity index is 1190. The summed E-state index contributed by atoms with van der Waals surface area (Å²) in [6, 6.07) is 19.8. The van der Waals surface area contributed by atoms with Gasteiger partial charge in [-0.15, -0.1) is 0 Å². The van der Waals surface area contributed by atoms with Gasteiger partial charge in [0.2, 0.25) is 5.91 Å². The second-order valence-electron chi connectivity index (χ2n) is 6.80.